The molecular weight excluding hydrogens is 228 g/mol. The fourth-order valence-corrected chi connectivity index (χ4v) is 2.35. The summed E-state index contributed by atoms with van der Waals surface area (Å²) in [5, 5.41) is 9.29. The molecule has 0 aromatic heterocycles. The Morgan fingerprint density at radius 1 is 1.56 bits per heavy atom. The van der Waals surface area contributed by atoms with Gasteiger partial charge in [-0.3, -0.25) is 9.69 Å². The first-order chi connectivity index (χ1) is 8.61. The number of anilines is 1. The third-order valence-corrected chi connectivity index (χ3v) is 3.40. The average Bonchev–Trinajstić information content (AvgIpc) is 3.12. The van der Waals surface area contributed by atoms with E-state index >= 15 is 0 Å². The van der Waals surface area contributed by atoms with Crippen LogP contribution in [0.5, 0.6) is 0 Å². The summed E-state index contributed by atoms with van der Waals surface area (Å²) in [5.41, 5.74) is 7.57. The van der Waals surface area contributed by atoms with Crippen LogP contribution in [-0.2, 0) is 11.3 Å². The van der Waals surface area contributed by atoms with Crippen molar-refractivity contribution in [1.29, 1.82) is 0 Å². The standard InChI is InChI=1S/C14H20N2O2/c1-2-13(14(17)18)16(12-6-7-12)9-10-4-3-5-11(15)8-10/h3-5,8,12-13H,2,6-7,9,15H2,1H3,(H,17,18). The summed E-state index contributed by atoms with van der Waals surface area (Å²) in [7, 11) is 0. The zero-order chi connectivity index (χ0) is 13.1. The van der Waals surface area contributed by atoms with E-state index in [1.54, 1.807) is 0 Å². The number of aliphatic carboxylic acids is 1. The highest BCUT2D eigenvalue weighted by Crippen LogP contribution is 2.31. The van der Waals surface area contributed by atoms with Crippen LogP contribution in [0.3, 0.4) is 0 Å². The molecule has 1 fully saturated rings. The van der Waals surface area contributed by atoms with E-state index in [1.807, 2.05) is 31.2 Å². The highest BCUT2D eigenvalue weighted by molar-refractivity contribution is 5.73. The highest BCUT2D eigenvalue weighted by atomic mass is 16.4. The van der Waals surface area contributed by atoms with Gasteiger partial charge < -0.3 is 10.8 Å². The highest BCUT2D eigenvalue weighted by Gasteiger charge is 2.36. The Bertz CT molecular complexity index is 430. The Kier molecular flexibility index (Phi) is 3.87. The summed E-state index contributed by atoms with van der Waals surface area (Å²) in [6.45, 7) is 2.59. The molecule has 1 aliphatic carbocycles. The van der Waals surface area contributed by atoms with Crippen molar-refractivity contribution in [3.05, 3.63) is 29.8 Å². The van der Waals surface area contributed by atoms with Gasteiger partial charge in [-0.1, -0.05) is 19.1 Å². The van der Waals surface area contributed by atoms with Crippen LogP contribution < -0.4 is 5.73 Å². The quantitative estimate of drug-likeness (QED) is 0.757. The molecule has 1 saturated carbocycles. The molecule has 1 aromatic carbocycles. The van der Waals surface area contributed by atoms with E-state index in [4.69, 9.17) is 5.73 Å². The Labute approximate surface area is 107 Å². The van der Waals surface area contributed by atoms with Crippen LogP contribution in [0.25, 0.3) is 0 Å². The fraction of sp³-hybridized carbons (Fsp3) is 0.500. The molecule has 98 valence electrons. The van der Waals surface area contributed by atoms with E-state index in [2.05, 4.69) is 4.90 Å². The number of rotatable bonds is 6. The molecule has 1 aromatic rings. The minimum Gasteiger partial charge on any atom is -0.480 e. The number of hydrogen-bond acceptors (Lipinski definition) is 3. The van der Waals surface area contributed by atoms with Gasteiger partial charge in [0.05, 0.1) is 0 Å². The number of nitrogen functional groups attached to an aromatic ring is 1. The van der Waals surface area contributed by atoms with Crippen molar-refractivity contribution in [2.45, 2.75) is 44.8 Å². The number of nitrogens with zero attached hydrogens (tertiary/aromatic N) is 1. The molecule has 1 unspecified atom stereocenters. The van der Waals surface area contributed by atoms with Crippen molar-refractivity contribution >= 4 is 11.7 Å². The predicted octanol–water partition coefficient (Wildman–Crippen LogP) is 2.10. The van der Waals surface area contributed by atoms with Crippen molar-refractivity contribution in [2.75, 3.05) is 5.73 Å². The summed E-state index contributed by atoms with van der Waals surface area (Å²) in [5.74, 6) is -0.728. The second-order valence-corrected chi connectivity index (χ2v) is 4.91. The second-order valence-electron chi connectivity index (χ2n) is 4.91. The Morgan fingerprint density at radius 2 is 2.28 bits per heavy atom. The lowest BCUT2D eigenvalue weighted by Crippen LogP contribution is -2.41. The van der Waals surface area contributed by atoms with Gasteiger partial charge in [-0.05, 0) is 37.0 Å². The van der Waals surface area contributed by atoms with Gasteiger partial charge in [0.25, 0.3) is 0 Å². The molecule has 18 heavy (non-hydrogen) atoms. The lowest BCUT2D eigenvalue weighted by molar-refractivity contribution is -0.144. The summed E-state index contributed by atoms with van der Waals surface area (Å²) < 4.78 is 0. The number of hydrogen-bond donors (Lipinski definition) is 2. The number of benzene rings is 1. The van der Waals surface area contributed by atoms with Crippen molar-refractivity contribution in [3.8, 4) is 0 Å². The van der Waals surface area contributed by atoms with Crippen LogP contribution in [0.4, 0.5) is 5.69 Å². The lowest BCUT2D eigenvalue weighted by Gasteiger charge is -2.28. The smallest absolute Gasteiger partial charge is 0.320 e. The zero-order valence-corrected chi connectivity index (χ0v) is 10.7. The van der Waals surface area contributed by atoms with Crippen molar-refractivity contribution in [3.63, 3.8) is 0 Å². The van der Waals surface area contributed by atoms with Crippen LogP contribution in [-0.4, -0.2) is 28.1 Å². The molecule has 0 bridgehead atoms. The lowest BCUT2D eigenvalue weighted by atomic mass is 10.1. The number of nitrogens with two attached hydrogens (primary N) is 1. The first-order valence-corrected chi connectivity index (χ1v) is 6.44. The summed E-state index contributed by atoms with van der Waals surface area (Å²) in [4.78, 5) is 13.4. The van der Waals surface area contributed by atoms with Gasteiger partial charge in [-0.15, -0.1) is 0 Å². The van der Waals surface area contributed by atoms with Crippen molar-refractivity contribution < 1.29 is 9.90 Å². The molecule has 4 heteroatoms. The molecule has 0 saturated heterocycles. The molecule has 1 aliphatic rings. The van der Waals surface area contributed by atoms with E-state index in [9.17, 15) is 9.90 Å². The van der Waals surface area contributed by atoms with Gasteiger partial charge in [0, 0.05) is 18.3 Å². The molecule has 2 rings (SSSR count). The van der Waals surface area contributed by atoms with Crippen LogP contribution >= 0.6 is 0 Å². The minimum atomic E-state index is -0.728. The van der Waals surface area contributed by atoms with Crippen LogP contribution in [0.15, 0.2) is 24.3 Å². The SMILES string of the molecule is CCC(C(=O)O)N(Cc1cccc(N)c1)C1CC1. The van der Waals surface area contributed by atoms with E-state index in [0.29, 0.717) is 19.0 Å². The van der Waals surface area contributed by atoms with Crippen LogP contribution in [0.1, 0.15) is 31.7 Å². The topological polar surface area (TPSA) is 66.6 Å². The monoisotopic (exact) mass is 248 g/mol. The maximum absolute atomic E-state index is 11.3. The zero-order valence-electron chi connectivity index (χ0n) is 10.7. The van der Waals surface area contributed by atoms with Crippen LogP contribution in [0, 0.1) is 0 Å². The average molecular weight is 248 g/mol. The van der Waals surface area contributed by atoms with E-state index < -0.39 is 5.97 Å². The summed E-state index contributed by atoms with van der Waals surface area (Å²) >= 11 is 0. The molecule has 0 spiro atoms. The minimum absolute atomic E-state index is 0.390. The molecule has 1 atom stereocenters. The summed E-state index contributed by atoms with van der Waals surface area (Å²) in [6.07, 6.45) is 2.84. The molecule has 0 radical (unpaired) electrons. The van der Waals surface area contributed by atoms with Crippen LogP contribution in [0.2, 0.25) is 0 Å². The largest absolute Gasteiger partial charge is 0.480 e. The molecular formula is C14H20N2O2. The summed E-state index contributed by atoms with van der Waals surface area (Å²) in [6, 6.07) is 7.72. The number of carboxylic acid groups (broad SMARTS) is 1. The number of carbonyl (C=O) groups is 1. The fourth-order valence-electron chi connectivity index (χ4n) is 2.35. The Morgan fingerprint density at radius 3 is 2.78 bits per heavy atom. The Balaban J connectivity index is 2.13. The Hall–Kier alpha value is -1.55. The predicted molar refractivity (Wildman–Crippen MR) is 71.1 cm³/mol. The third kappa shape index (κ3) is 3.01. The molecule has 3 N–H and O–H groups in total. The van der Waals surface area contributed by atoms with Crippen molar-refractivity contribution in [2.24, 2.45) is 0 Å². The number of carboxylic acids is 1. The third-order valence-electron chi connectivity index (χ3n) is 3.40. The molecule has 0 amide bonds. The molecule has 0 heterocycles. The van der Waals surface area contributed by atoms with Gasteiger partial charge in [-0.25, -0.2) is 0 Å². The van der Waals surface area contributed by atoms with E-state index in [-0.39, 0.29) is 6.04 Å². The van der Waals surface area contributed by atoms with Gasteiger partial charge >= 0.3 is 5.97 Å². The molecule has 4 nitrogen and oxygen atoms in total. The first-order valence-electron chi connectivity index (χ1n) is 6.44. The van der Waals surface area contributed by atoms with Gasteiger partial charge in [0.1, 0.15) is 6.04 Å². The van der Waals surface area contributed by atoms with E-state index in [1.165, 1.54) is 0 Å². The molecule has 0 aliphatic heterocycles. The van der Waals surface area contributed by atoms with Gasteiger partial charge in [0.15, 0.2) is 0 Å². The van der Waals surface area contributed by atoms with Gasteiger partial charge in [0.2, 0.25) is 0 Å². The van der Waals surface area contributed by atoms with Gasteiger partial charge in [-0.2, -0.15) is 0 Å². The normalized spacial score (nSPS) is 16.8. The van der Waals surface area contributed by atoms with E-state index in [0.717, 1.165) is 24.1 Å². The van der Waals surface area contributed by atoms with Crippen molar-refractivity contribution in [1.82, 2.24) is 4.90 Å². The second kappa shape index (κ2) is 5.40. The first kappa shape index (κ1) is 12.9. The maximum Gasteiger partial charge on any atom is 0.320 e. The maximum atomic E-state index is 11.3.